The summed E-state index contributed by atoms with van der Waals surface area (Å²) in [6.45, 7) is 4.78. The van der Waals surface area contributed by atoms with Gasteiger partial charge in [-0.2, -0.15) is 0 Å². The van der Waals surface area contributed by atoms with E-state index in [0.29, 0.717) is 17.4 Å². The van der Waals surface area contributed by atoms with E-state index in [-0.39, 0.29) is 32.2 Å². The van der Waals surface area contributed by atoms with E-state index in [2.05, 4.69) is 38.2 Å². The molecule has 2 unspecified atom stereocenters. The number of likely N-dealkylation sites (N-methyl/N-ethyl adjacent to an activating group) is 1. The molecule has 0 saturated heterocycles. The summed E-state index contributed by atoms with van der Waals surface area (Å²) in [5.74, 6) is -2.02. The van der Waals surface area contributed by atoms with Crippen molar-refractivity contribution in [2.75, 3.05) is 47.5 Å². The average Bonchev–Trinajstić information content (AvgIpc) is 3.08. The molecule has 51 heavy (non-hydrogen) atoms. The number of aliphatic carboxylic acids is 1. The summed E-state index contributed by atoms with van der Waals surface area (Å²) in [4.78, 5) is 36.8. The van der Waals surface area contributed by atoms with Crippen molar-refractivity contribution in [3.63, 3.8) is 0 Å². The van der Waals surface area contributed by atoms with E-state index in [1.807, 2.05) is 21.1 Å². The minimum absolute atomic E-state index is 0.181. The lowest BCUT2D eigenvalue weighted by Crippen LogP contribution is -2.40. The van der Waals surface area contributed by atoms with Crippen molar-refractivity contribution < 1.29 is 42.9 Å². The van der Waals surface area contributed by atoms with E-state index in [1.54, 1.807) is 0 Å². The van der Waals surface area contributed by atoms with Crippen LogP contribution in [0.2, 0.25) is 0 Å². The van der Waals surface area contributed by atoms with Crippen LogP contribution in [0.5, 0.6) is 0 Å². The number of quaternary nitrogens is 1. The number of carbonyl (C=O) groups excluding carboxylic acids is 2. The SMILES string of the molecule is CCCCC/C=C\C/C=C\CCCCCCCCCCCC(=O)OC(COC(=O)CCCCCCCCC)COC(OCC[N+](C)(C)C)C(=O)O. The number of ether oxygens (including phenoxy) is 4. The van der Waals surface area contributed by atoms with Crippen LogP contribution in [0.15, 0.2) is 24.3 Å². The molecule has 0 aromatic carbocycles. The van der Waals surface area contributed by atoms with Crippen molar-refractivity contribution in [3.8, 4) is 0 Å². The van der Waals surface area contributed by atoms with Crippen molar-refractivity contribution in [1.82, 2.24) is 0 Å². The number of carboxylic acids is 1. The molecule has 0 aliphatic rings. The molecule has 0 heterocycles. The van der Waals surface area contributed by atoms with Crippen LogP contribution in [0, 0.1) is 0 Å². The van der Waals surface area contributed by atoms with Crippen LogP contribution in [0.4, 0.5) is 0 Å². The van der Waals surface area contributed by atoms with Crippen LogP contribution in [-0.4, -0.2) is 87.4 Å². The molecule has 0 aromatic rings. The smallest absolute Gasteiger partial charge is 0.361 e. The molecule has 0 rings (SSSR count). The Kier molecular flexibility index (Phi) is 33.3. The van der Waals surface area contributed by atoms with E-state index < -0.39 is 24.3 Å². The van der Waals surface area contributed by atoms with Crippen molar-refractivity contribution >= 4 is 17.9 Å². The van der Waals surface area contributed by atoms with Crippen molar-refractivity contribution in [2.45, 2.75) is 180 Å². The third-order valence-electron chi connectivity index (χ3n) is 8.71. The third kappa shape index (κ3) is 35.9. The molecule has 0 fully saturated rings. The number of nitrogens with zero attached hydrogens (tertiary/aromatic N) is 1. The summed E-state index contributed by atoms with van der Waals surface area (Å²) in [5.41, 5.74) is 0. The minimum atomic E-state index is -1.50. The minimum Gasteiger partial charge on any atom is -0.477 e. The Balaban J connectivity index is 4.37. The highest BCUT2D eigenvalue weighted by atomic mass is 16.7. The van der Waals surface area contributed by atoms with Crippen LogP contribution < -0.4 is 0 Å². The zero-order chi connectivity index (χ0) is 37.8. The lowest BCUT2D eigenvalue weighted by molar-refractivity contribution is -0.870. The second-order valence-corrected chi connectivity index (χ2v) is 14.9. The van der Waals surface area contributed by atoms with E-state index >= 15 is 0 Å². The summed E-state index contributed by atoms with van der Waals surface area (Å²) in [6.07, 6.45) is 32.5. The number of carboxylic acid groups (broad SMARTS) is 1. The summed E-state index contributed by atoms with van der Waals surface area (Å²) < 4.78 is 22.6. The Morgan fingerprint density at radius 1 is 0.588 bits per heavy atom. The fourth-order valence-electron chi connectivity index (χ4n) is 5.45. The Morgan fingerprint density at radius 3 is 1.59 bits per heavy atom. The molecule has 0 spiro atoms. The Morgan fingerprint density at radius 2 is 1.06 bits per heavy atom. The van der Waals surface area contributed by atoms with Gasteiger partial charge < -0.3 is 28.5 Å². The molecule has 298 valence electrons. The van der Waals surface area contributed by atoms with Gasteiger partial charge in [-0.3, -0.25) is 9.59 Å². The molecule has 1 N–H and O–H groups in total. The van der Waals surface area contributed by atoms with Gasteiger partial charge in [0.05, 0.1) is 34.4 Å². The summed E-state index contributed by atoms with van der Waals surface area (Å²) in [5, 5.41) is 9.58. The number of hydrogen-bond donors (Lipinski definition) is 1. The highest BCUT2D eigenvalue weighted by Crippen LogP contribution is 2.14. The van der Waals surface area contributed by atoms with Crippen molar-refractivity contribution in [1.29, 1.82) is 0 Å². The van der Waals surface area contributed by atoms with Crippen LogP contribution >= 0.6 is 0 Å². The molecule has 2 atom stereocenters. The summed E-state index contributed by atoms with van der Waals surface area (Å²) >= 11 is 0. The Bertz CT molecular complexity index is 898. The third-order valence-corrected chi connectivity index (χ3v) is 8.71. The molecule has 0 aromatic heterocycles. The number of unbranched alkanes of at least 4 members (excludes halogenated alkanes) is 18. The predicted molar refractivity (Wildman–Crippen MR) is 208 cm³/mol. The standard InChI is InChI=1S/C42H77NO8/c1-6-8-10-12-14-15-16-17-18-19-20-21-22-23-24-25-27-29-31-33-40(45)51-38(36-49-39(44)32-30-28-26-13-11-9-7-2)37-50-42(41(46)47)48-35-34-43(3,4)5/h14-15,17-18,38,42H,6-13,16,19-37H2,1-5H3/p+1/b15-14-,18-17-. The number of esters is 2. The maximum Gasteiger partial charge on any atom is 0.361 e. The van der Waals surface area contributed by atoms with Crippen LogP contribution in [0.3, 0.4) is 0 Å². The molecule has 0 radical (unpaired) electrons. The first kappa shape index (κ1) is 48.8. The van der Waals surface area contributed by atoms with E-state index in [1.165, 1.54) is 89.9 Å². The lowest BCUT2D eigenvalue weighted by Gasteiger charge is -2.25. The fraction of sp³-hybridized carbons (Fsp3) is 0.833. The first-order valence-corrected chi connectivity index (χ1v) is 20.5. The first-order valence-electron chi connectivity index (χ1n) is 20.5. The highest BCUT2D eigenvalue weighted by molar-refractivity contribution is 5.71. The number of allylic oxidation sites excluding steroid dienone is 4. The maximum absolute atomic E-state index is 12.7. The van der Waals surface area contributed by atoms with Crippen molar-refractivity contribution in [2.24, 2.45) is 0 Å². The second kappa shape index (κ2) is 34.8. The van der Waals surface area contributed by atoms with Crippen LogP contribution in [0.25, 0.3) is 0 Å². The van der Waals surface area contributed by atoms with Gasteiger partial charge in [0.25, 0.3) is 6.29 Å². The zero-order valence-corrected chi connectivity index (χ0v) is 33.5. The van der Waals surface area contributed by atoms with Gasteiger partial charge in [-0.15, -0.1) is 0 Å². The summed E-state index contributed by atoms with van der Waals surface area (Å²) in [7, 11) is 5.94. The Hall–Kier alpha value is -2.23. The number of carbonyl (C=O) groups is 3. The fourth-order valence-corrected chi connectivity index (χ4v) is 5.45. The maximum atomic E-state index is 12.7. The van der Waals surface area contributed by atoms with E-state index in [4.69, 9.17) is 18.9 Å². The van der Waals surface area contributed by atoms with E-state index in [0.717, 1.165) is 51.4 Å². The van der Waals surface area contributed by atoms with Gasteiger partial charge in [-0.1, -0.05) is 134 Å². The molecule has 0 amide bonds. The molecule has 9 heteroatoms. The monoisotopic (exact) mass is 725 g/mol. The van der Waals surface area contributed by atoms with Gasteiger partial charge in [-0.05, 0) is 44.9 Å². The molecular formula is C42H78NO8+. The van der Waals surface area contributed by atoms with Crippen LogP contribution in [-0.2, 0) is 33.3 Å². The second-order valence-electron chi connectivity index (χ2n) is 14.9. The topological polar surface area (TPSA) is 108 Å². The van der Waals surface area contributed by atoms with Gasteiger partial charge in [0.1, 0.15) is 13.2 Å². The van der Waals surface area contributed by atoms with Gasteiger partial charge in [0.2, 0.25) is 0 Å². The Labute approximate surface area is 312 Å². The molecule has 0 aliphatic carbocycles. The zero-order valence-electron chi connectivity index (χ0n) is 33.5. The first-order chi connectivity index (χ1) is 24.6. The van der Waals surface area contributed by atoms with E-state index in [9.17, 15) is 19.5 Å². The largest absolute Gasteiger partial charge is 0.477 e. The van der Waals surface area contributed by atoms with Gasteiger partial charge >= 0.3 is 17.9 Å². The van der Waals surface area contributed by atoms with Gasteiger partial charge in [0.15, 0.2) is 6.10 Å². The quantitative estimate of drug-likeness (QED) is 0.0222. The molecular weight excluding hydrogens is 646 g/mol. The van der Waals surface area contributed by atoms with Crippen molar-refractivity contribution in [3.05, 3.63) is 24.3 Å². The van der Waals surface area contributed by atoms with Crippen LogP contribution in [0.1, 0.15) is 168 Å². The number of hydrogen-bond acceptors (Lipinski definition) is 7. The summed E-state index contributed by atoms with van der Waals surface area (Å²) in [6, 6.07) is 0. The highest BCUT2D eigenvalue weighted by Gasteiger charge is 2.25. The number of rotatable bonds is 37. The average molecular weight is 725 g/mol. The predicted octanol–water partition coefficient (Wildman–Crippen LogP) is 10.1. The molecule has 0 aliphatic heterocycles. The normalized spacial score (nSPS) is 13.2. The van der Waals surface area contributed by atoms with Gasteiger partial charge in [0, 0.05) is 12.8 Å². The molecule has 0 saturated carbocycles. The molecule has 0 bridgehead atoms. The lowest BCUT2D eigenvalue weighted by atomic mass is 10.1. The van der Waals surface area contributed by atoms with Gasteiger partial charge in [-0.25, -0.2) is 4.79 Å². The molecule has 9 nitrogen and oxygen atoms in total.